The average Bonchev–Trinajstić information content (AvgIpc) is 2.78. The third-order valence-electron chi connectivity index (χ3n) is 3.44. The maximum atomic E-state index is 12.5. The van der Waals surface area contributed by atoms with E-state index in [-0.39, 0.29) is 17.7 Å². The fourth-order valence-electron chi connectivity index (χ4n) is 2.26. The Hall–Kier alpha value is -1.82. The Morgan fingerprint density at radius 1 is 1.12 bits per heavy atom. The van der Waals surface area contributed by atoms with Gasteiger partial charge in [0.15, 0.2) is 0 Å². The van der Waals surface area contributed by atoms with E-state index in [1.165, 1.54) is 0 Å². The molecule has 0 unspecified atom stereocenters. The van der Waals surface area contributed by atoms with Gasteiger partial charge in [0.25, 0.3) is 11.1 Å². The summed E-state index contributed by atoms with van der Waals surface area (Å²) in [6.45, 7) is 1.91. The molecule has 1 saturated heterocycles. The first-order chi connectivity index (χ1) is 11.5. The number of aryl methyl sites for hydroxylation is 1. The molecule has 1 aromatic heterocycles. The van der Waals surface area contributed by atoms with Gasteiger partial charge in [0.1, 0.15) is 0 Å². The molecule has 24 heavy (non-hydrogen) atoms. The summed E-state index contributed by atoms with van der Waals surface area (Å²) in [6.07, 6.45) is 1.62. The van der Waals surface area contributed by atoms with Crippen LogP contribution in [0.5, 0.6) is 0 Å². The lowest BCUT2D eigenvalue weighted by atomic mass is 10.2. The lowest BCUT2D eigenvalue weighted by Gasteiger charge is -2.14. The molecular formula is C17H12Cl2N2O2S. The van der Waals surface area contributed by atoms with E-state index in [1.54, 1.807) is 30.3 Å². The van der Waals surface area contributed by atoms with Gasteiger partial charge in [-0.3, -0.25) is 19.5 Å². The van der Waals surface area contributed by atoms with Gasteiger partial charge in [-0.2, -0.15) is 0 Å². The number of imide groups is 1. The lowest BCUT2D eigenvalue weighted by molar-refractivity contribution is -0.123. The third-order valence-corrected chi connectivity index (χ3v) is 5.06. The van der Waals surface area contributed by atoms with Crippen molar-refractivity contribution in [1.29, 1.82) is 0 Å². The number of hydrogen-bond acceptors (Lipinski definition) is 4. The number of rotatable bonds is 3. The normalized spacial score (nSPS) is 16.3. The molecule has 0 N–H and O–H groups in total. The van der Waals surface area contributed by atoms with Crippen LogP contribution in [0.1, 0.15) is 17.0 Å². The van der Waals surface area contributed by atoms with Crippen LogP contribution in [0.15, 0.2) is 41.3 Å². The highest BCUT2D eigenvalue weighted by atomic mass is 35.5. The first kappa shape index (κ1) is 17.0. The number of nitrogens with zero attached hydrogens (tertiary/aromatic N) is 2. The topological polar surface area (TPSA) is 50.3 Å². The van der Waals surface area contributed by atoms with Gasteiger partial charge in [-0.15, -0.1) is 0 Å². The maximum absolute atomic E-state index is 12.5. The SMILES string of the molecule is Cc1cccc(/C=C2\SC(=O)N(Cc3c(Cl)cccc3Cl)C2=O)n1. The van der Waals surface area contributed by atoms with Crippen LogP contribution in [0.3, 0.4) is 0 Å². The Morgan fingerprint density at radius 3 is 2.46 bits per heavy atom. The van der Waals surface area contributed by atoms with Crippen LogP contribution in [0.2, 0.25) is 10.0 Å². The van der Waals surface area contributed by atoms with Crippen molar-refractivity contribution in [2.45, 2.75) is 13.5 Å². The highest BCUT2D eigenvalue weighted by molar-refractivity contribution is 8.18. The number of hydrogen-bond donors (Lipinski definition) is 0. The van der Waals surface area contributed by atoms with Crippen LogP contribution in [-0.4, -0.2) is 21.0 Å². The largest absolute Gasteiger partial charge is 0.293 e. The zero-order chi connectivity index (χ0) is 17.3. The Labute approximate surface area is 153 Å². The first-order valence-corrected chi connectivity index (χ1v) is 8.65. The predicted molar refractivity (Wildman–Crippen MR) is 97.0 cm³/mol. The third kappa shape index (κ3) is 3.48. The van der Waals surface area contributed by atoms with Crippen molar-refractivity contribution in [3.05, 3.63) is 68.3 Å². The van der Waals surface area contributed by atoms with Crippen molar-refractivity contribution in [3.8, 4) is 0 Å². The van der Waals surface area contributed by atoms with E-state index in [4.69, 9.17) is 23.2 Å². The van der Waals surface area contributed by atoms with Gasteiger partial charge in [0, 0.05) is 21.3 Å². The molecule has 122 valence electrons. The summed E-state index contributed by atoms with van der Waals surface area (Å²) in [6, 6.07) is 10.6. The molecule has 0 aliphatic carbocycles. The van der Waals surface area contributed by atoms with Crippen LogP contribution in [0.25, 0.3) is 6.08 Å². The quantitative estimate of drug-likeness (QED) is 0.710. The summed E-state index contributed by atoms with van der Waals surface area (Å²) < 4.78 is 0. The van der Waals surface area contributed by atoms with Crippen LogP contribution >= 0.6 is 35.0 Å². The van der Waals surface area contributed by atoms with Gasteiger partial charge in [-0.25, -0.2) is 0 Å². The summed E-state index contributed by atoms with van der Waals surface area (Å²) >= 11 is 13.1. The molecule has 0 bridgehead atoms. The van der Waals surface area contributed by atoms with Crippen molar-refractivity contribution in [2.75, 3.05) is 0 Å². The van der Waals surface area contributed by atoms with E-state index in [0.29, 0.717) is 26.2 Å². The Balaban J connectivity index is 1.87. The highest BCUT2D eigenvalue weighted by Crippen LogP contribution is 2.35. The number of carbonyl (C=O) groups is 2. The molecule has 0 radical (unpaired) electrons. The monoisotopic (exact) mass is 378 g/mol. The van der Waals surface area contributed by atoms with Gasteiger partial charge in [-0.05, 0) is 49.0 Å². The van der Waals surface area contributed by atoms with Crippen molar-refractivity contribution < 1.29 is 9.59 Å². The molecule has 4 nitrogen and oxygen atoms in total. The van der Waals surface area contributed by atoms with Crippen LogP contribution < -0.4 is 0 Å². The molecule has 0 saturated carbocycles. The summed E-state index contributed by atoms with van der Waals surface area (Å²) in [5.41, 5.74) is 2.03. The number of carbonyl (C=O) groups excluding carboxylic acids is 2. The molecule has 1 aromatic carbocycles. The van der Waals surface area contributed by atoms with Crippen LogP contribution in [-0.2, 0) is 11.3 Å². The van der Waals surface area contributed by atoms with E-state index >= 15 is 0 Å². The van der Waals surface area contributed by atoms with Crippen molar-refractivity contribution in [3.63, 3.8) is 0 Å². The second kappa shape index (κ2) is 6.97. The zero-order valence-electron chi connectivity index (χ0n) is 12.6. The molecule has 1 aliphatic rings. The van der Waals surface area contributed by atoms with E-state index in [0.717, 1.165) is 22.4 Å². The van der Waals surface area contributed by atoms with E-state index in [1.807, 2.05) is 19.1 Å². The minimum Gasteiger partial charge on any atom is -0.268 e. The van der Waals surface area contributed by atoms with Gasteiger partial charge < -0.3 is 0 Å². The molecular weight excluding hydrogens is 367 g/mol. The molecule has 2 amide bonds. The smallest absolute Gasteiger partial charge is 0.268 e. The molecule has 2 aromatic rings. The van der Waals surface area contributed by atoms with Gasteiger partial charge >= 0.3 is 0 Å². The molecule has 2 heterocycles. The average molecular weight is 379 g/mol. The highest BCUT2D eigenvalue weighted by Gasteiger charge is 2.35. The van der Waals surface area contributed by atoms with Crippen molar-refractivity contribution in [1.82, 2.24) is 9.88 Å². The van der Waals surface area contributed by atoms with Crippen LogP contribution in [0, 0.1) is 6.92 Å². The Bertz CT molecular complexity index is 847. The number of benzene rings is 1. The fourth-order valence-corrected chi connectivity index (χ4v) is 3.60. The molecule has 1 fully saturated rings. The van der Waals surface area contributed by atoms with E-state index < -0.39 is 0 Å². The maximum Gasteiger partial charge on any atom is 0.293 e. The number of pyridine rings is 1. The van der Waals surface area contributed by atoms with E-state index in [9.17, 15) is 9.59 Å². The number of thioether (sulfide) groups is 1. The standard InChI is InChI=1S/C17H12Cl2N2O2S/c1-10-4-2-5-11(20-10)8-15-16(22)21(17(23)24-15)9-12-13(18)6-3-7-14(12)19/h2-8H,9H2,1H3/b15-8-. The molecule has 0 spiro atoms. The number of amides is 2. The minimum atomic E-state index is -0.371. The summed E-state index contributed by atoms with van der Waals surface area (Å²) in [4.78, 5) is 30.5. The zero-order valence-corrected chi connectivity index (χ0v) is 15.0. The first-order valence-electron chi connectivity index (χ1n) is 7.07. The predicted octanol–water partition coefficient (Wildman–Crippen LogP) is 4.93. The van der Waals surface area contributed by atoms with E-state index in [2.05, 4.69) is 4.98 Å². The summed E-state index contributed by atoms with van der Waals surface area (Å²) in [7, 11) is 0. The molecule has 0 atom stereocenters. The lowest BCUT2D eigenvalue weighted by Crippen LogP contribution is -2.27. The molecule has 1 aliphatic heterocycles. The Morgan fingerprint density at radius 2 is 1.79 bits per heavy atom. The van der Waals surface area contributed by atoms with Crippen molar-refractivity contribution in [2.24, 2.45) is 0 Å². The van der Waals surface area contributed by atoms with Crippen molar-refractivity contribution >= 4 is 52.2 Å². The summed E-state index contributed by atoms with van der Waals surface area (Å²) in [5, 5.41) is 0.492. The number of halogens is 2. The van der Waals surface area contributed by atoms with Gasteiger partial charge in [-0.1, -0.05) is 35.3 Å². The molecule has 3 rings (SSSR count). The number of aromatic nitrogens is 1. The Kier molecular flexibility index (Phi) is 4.94. The second-order valence-corrected chi connectivity index (χ2v) is 6.98. The summed E-state index contributed by atoms with van der Waals surface area (Å²) in [5.74, 6) is -0.371. The van der Waals surface area contributed by atoms with Crippen LogP contribution in [0.4, 0.5) is 4.79 Å². The second-order valence-electron chi connectivity index (χ2n) is 5.17. The van der Waals surface area contributed by atoms with Gasteiger partial charge in [0.05, 0.1) is 17.1 Å². The fraction of sp³-hybridized carbons (Fsp3) is 0.118. The minimum absolute atomic E-state index is 0.0434. The van der Waals surface area contributed by atoms with Gasteiger partial charge in [0.2, 0.25) is 0 Å². The molecule has 7 heteroatoms.